The number of hydrogen-bond donors (Lipinski definition) is 3. The van der Waals surface area contributed by atoms with Crippen LogP contribution in [0.25, 0.3) is 0 Å². The Bertz CT molecular complexity index is 505. The highest BCUT2D eigenvalue weighted by Gasteiger charge is 2.30. The summed E-state index contributed by atoms with van der Waals surface area (Å²) in [5, 5.41) is 17.3. The number of H-pyrrole nitrogens is 1. The lowest BCUT2D eigenvalue weighted by Crippen LogP contribution is -2.34. The smallest absolute Gasteiger partial charge is 0.306 e. The molecule has 0 spiro atoms. The van der Waals surface area contributed by atoms with Crippen LogP contribution in [0.1, 0.15) is 29.8 Å². The molecule has 0 aliphatic heterocycles. The largest absolute Gasteiger partial charge is 0.481 e. The molecular formula is C11H13N3O4. The normalized spacial score (nSPS) is 22.7. The van der Waals surface area contributed by atoms with Gasteiger partial charge in [-0.25, -0.2) is 5.10 Å². The van der Waals surface area contributed by atoms with Gasteiger partial charge in [0.2, 0.25) is 0 Å². The molecule has 1 amide bonds. The summed E-state index contributed by atoms with van der Waals surface area (Å²) in [4.78, 5) is 33.3. The summed E-state index contributed by atoms with van der Waals surface area (Å²) < 4.78 is 0. The van der Waals surface area contributed by atoms with Gasteiger partial charge in [0, 0.05) is 12.1 Å². The topological polar surface area (TPSA) is 112 Å². The fraction of sp³-hybridized carbons (Fsp3) is 0.455. The number of rotatable bonds is 3. The number of aromatic amines is 1. The van der Waals surface area contributed by atoms with Crippen molar-refractivity contribution in [1.29, 1.82) is 0 Å². The third-order valence-corrected chi connectivity index (χ3v) is 3.03. The molecule has 2 atom stereocenters. The van der Waals surface area contributed by atoms with Crippen LogP contribution in [-0.4, -0.2) is 33.2 Å². The van der Waals surface area contributed by atoms with Crippen molar-refractivity contribution in [3.63, 3.8) is 0 Å². The van der Waals surface area contributed by atoms with Gasteiger partial charge in [-0.1, -0.05) is 0 Å². The minimum atomic E-state index is -0.825. The van der Waals surface area contributed by atoms with Crippen LogP contribution in [-0.2, 0) is 4.79 Å². The Kier molecular flexibility index (Phi) is 3.40. The maximum Gasteiger partial charge on any atom is 0.306 e. The SMILES string of the molecule is O=C(N[C@H]1CC[C@@H](C(=O)O)C1)c1ccc(=O)[nH]n1. The van der Waals surface area contributed by atoms with E-state index in [4.69, 9.17) is 5.11 Å². The van der Waals surface area contributed by atoms with E-state index in [9.17, 15) is 14.4 Å². The Labute approximate surface area is 102 Å². The molecule has 96 valence electrons. The standard InChI is InChI=1S/C11H13N3O4/c15-9-4-3-8(13-14-9)10(16)12-7-2-1-6(5-7)11(17)18/h3-4,6-7H,1-2,5H2,(H,12,16)(H,14,15)(H,17,18)/t6-,7+/m1/s1. The highest BCUT2D eigenvalue weighted by Crippen LogP contribution is 2.25. The molecule has 1 aromatic heterocycles. The van der Waals surface area contributed by atoms with E-state index in [0.29, 0.717) is 19.3 Å². The molecule has 7 heteroatoms. The second kappa shape index (κ2) is 4.99. The summed E-state index contributed by atoms with van der Waals surface area (Å²) in [5.74, 6) is -1.62. The van der Waals surface area contributed by atoms with E-state index in [1.54, 1.807) is 0 Å². The molecule has 3 N–H and O–H groups in total. The number of carboxylic acid groups (broad SMARTS) is 1. The highest BCUT2D eigenvalue weighted by molar-refractivity contribution is 5.92. The molecule has 1 heterocycles. The second-order valence-corrected chi connectivity index (χ2v) is 4.33. The zero-order valence-corrected chi connectivity index (χ0v) is 9.55. The Morgan fingerprint density at radius 2 is 2.17 bits per heavy atom. The van der Waals surface area contributed by atoms with Gasteiger partial charge in [0.1, 0.15) is 5.69 Å². The number of carbonyl (C=O) groups is 2. The summed E-state index contributed by atoms with van der Waals surface area (Å²) in [7, 11) is 0. The van der Waals surface area contributed by atoms with Crippen LogP contribution in [0.2, 0.25) is 0 Å². The monoisotopic (exact) mass is 251 g/mol. The second-order valence-electron chi connectivity index (χ2n) is 4.33. The highest BCUT2D eigenvalue weighted by atomic mass is 16.4. The molecule has 0 radical (unpaired) electrons. The minimum Gasteiger partial charge on any atom is -0.481 e. The maximum atomic E-state index is 11.7. The number of carbonyl (C=O) groups excluding carboxylic acids is 1. The number of aromatic nitrogens is 2. The molecular weight excluding hydrogens is 238 g/mol. The number of carboxylic acids is 1. The van der Waals surface area contributed by atoms with Crippen molar-refractivity contribution in [2.45, 2.75) is 25.3 Å². The van der Waals surface area contributed by atoms with Crippen molar-refractivity contribution in [2.75, 3.05) is 0 Å². The van der Waals surface area contributed by atoms with Gasteiger partial charge in [-0.15, -0.1) is 0 Å². The van der Waals surface area contributed by atoms with Gasteiger partial charge in [-0.05, 0) is 25.3 Å². The first-order valence-corrected chi connectivity index (χ1v) is 5.65. The average molecular weight is 251 g/mol. The zero-order valence-electron chi connectivity index (χ0n) is 9.55. The fourth-order valence-electron chi connectivity index (χ4n) is 2.07. The van der Waals surface area contributed by atoms with Crippen LogP contribution < -0.4 is 10.9 Å². The van der Waals surface area contributed by atoms with E-state index in [0.717, 1.165) is 0 Å². The molecule has 0 saturated heterocycles. The van der Waals surface area contributed by atoms with Crippen molar-refractivity contribution in [3.05, 3.63) is 28.2 Å². The van der Waals surface area contributed by atoms with E-state index < -0.39 is 11.9 Å². The van der Waals surface area contributed by atoms with Gasteiger partial charge in [0.25, 0.3) is 11.5 Å². The lowest BCUT2D eigenvalue weighted by atomic mass is 10.1. The first-order chi connectivity index (χ1) is 8.56. The third kappa shape index (κ3) is 2.73. The fourth-order valence-corrected chi connectivity index (χ4v) is 2.07. The van der Waals surface area contributed by atoms with Crippen LogP contribution in [0.5, 0.6) is 0 Å². The van der Waals surface area contributed by atoms with Crippen molar-refractivity contribution in [3.8, 4) is 0 Å². The first-order valence-electron chi connectivity index (χ1n) is 5.65. The quantitative estimate of drug-likeness (QED) is 0.686. The van der Waals surface area contributed by atoms with Crippen LogP contribution in [0.3, 0.4) is 0 Å². The van der Waals surface area contributed by atoms with E-state index in [1.807, 2.05) is 0 Å². The Morgan fingerprint density at radius 1 is 1.39 bits per heavy atom. The Hall–Kier alpha value is -2.18. The molecule has 1 aliphatic rings. The number of hydrogen-bond acceptors (Lipinski definition) is 4. The van der Waals surface area contributed by atoms with E-state index in [1.165, 1.54) is 12.1 Å². The van der Waals surface area contributed by atoms with E-state index in [2.05, 4.69) is 15.5 Å². The lowest BCUT2D eigenvalue weighted by molar-refractivity contribution is -0.141. The molecule has 0 aromatic carbocycles. The number of nitrogens with zero attached hydrogens (tertiary/aromatic N) is 1. The van der Waals surface area contributed by atoms with Crippen LogP contribution in [0.4, 0.5) is 0 Å². The number of amides is 1. The molecule has 2 rings (SSSR count). The van der Waals surface area contributed by atoms with Crippen LogP contribution in [0, 0.1) is 5.92 Å². The van der Waals surface area contributed by atoms with Crippen LogP contribution >= 0.6 is 0 Å². The number of aliphatic carboxylic acids is 1. The van der Waals surface area contributed by atoms with Crippen molar-refractivity contribution in [2.24, 2.45) is 5.92 Å². The third-order valence-electron chi connectivity index (χ3n) is 3.03. The van der Waals surface area contributed by atoms with E-state index in [-0.39, 0.29) is 23.2 Å². The first kappa shape index (κ1) is 12.3. The molecule has 18 heavy (non-hydrogen) atoms. The van der Waals surface area contributed by atoms with Crippen LogP contribution in [0.15, 0.2) is 16.9 Å². The Balaban J connectivity index is 1.94. The molecule has 1 saturated carbocycles. The summed E-state index contributed by atoms with van der Waals surface area (Å²) in [6, 6.07) is 2.40. The van der Waals surface area contributed by atoms with Crippen molar-refractivity contribution < 1.29 is 14.7 Å². The predicted molar refractivity (Wildman–Crippen MR) is 61.1 cm³/mol. The molecule has 0 bridgehead atoms. The predicted octanol–water partition coefficient (Wildman–Crippen LogP) is -0.247. The molecule has 1 aromatic rings. The van der Waals surface area contributed by atoms with Crippen molar-refractivity contribution >= 4 is 11.9 Å². The number of nitrogens with one attached hydrogen (secondary N) is 2. The maximum absolute atomic E-state index is 11.7. The van der Waals surface area contributed by atoms with Gasteiger partial charge in [0.15, 0.2) is 0 Å². The van der Waals surface area contributed by atoms with Gasteiger partial charge >= 0.3 is 5.97 Å². The van der Waals surface area contributed by atoms with Crippen molar-refractivity contribution in [1.82, 2.24) is 15.5 Å². The summed E-state index contributed by atoms with van der Waals surface area (Å²) >= 11 is 0. The van der Waals surface area contributed by atoms with Gasteiger partial charge in [-0.3, -0.25) is 14.4 Å². The van der Waals surface area contributed by atoms with Gasteiger partial charge in [0.05, 0.1) is 5.92 Å². The molecule has 7 nitrogen and oxygen atoms in total. The minimum absolute atomic E-state index is 0.119. The Morgan fingerprint density at radius 3 is 2.72 bits per heavy atom. The zero-order chi connectivity index (χ0) is 13.1. The van der Waals surface area contributed by atoms with Gasteiger partial charge < -0.3 is 10.4 Å². The summed E-state index contributed by atoms with van der Waals surface area (Å²) in [6.07, 6.45) is 1.65. The average Bonchev–Trinajstić information content (AvgIpc) is 2.78. The van der Waals surface area contributed by atoms with Gasteiger partial charge in [-0.2, -0.15) is 5.10 Å². The molecule has 0 unspecified atom stereocenters. The summed E-state index contributed by atoms with van der Waals surface area (Å²) in [5.41, 5.74) is -0.258. The molecule has 1 fully saturated rings. The lowest BCUT2D eigenvalue weighted by Gasteiger charge is -2.11. The van der Waals surface area contributed by atoms with E-state index >= 15 is 0 Å². The summed E-state index contributed by atoms with van der Waals surface area (Å²) in [6.45, 7) is 0. The molecule has 1 aliphatic carbocycles.